The van der Waals surface area contributed by atoms with E-state index in [-0.39, 0.29) is 0 Å². The first kappa shape index (κ1) is 12.3. The number of nitrogens with zero attached hydrogens (tertiary/aromatic N) is 3. The van der Waals surface area contributed by atoms with Crippen molar-refractivity contribution in [3.63, 3.8) is 0 Å². The van der Waals surface area contributed by atoms with Crippen molar-refractivity contribution in [1.29, 1.82) is 0 Å². The number of carboxylic acid groups (broad SMARTS) is 1. The summed E-state index contributed by atoms with van der Waals surface area (Å²) in [6.45, 7) is 3.45. The lowest BCUT2D eigenvalue weighted by atomic mass is 9.86. The van der Waals surface area contributed by atoms with E-state index >= 15 is 0 Å². The molecule has 1 heterocycles. The molecule has 0 aliphatic carbocycles. The van der Waals surface area contributed by atoms with Gasteiger partial charge in [0, 0.05) is 0 Å². The Bertz CT molecular complexity index is 530. The molecule has 0 aliphatic rings. The molecule has 2 aromatic rings. The Balaban J connectivity index is 2.16. The second-order valence-electron chi connectivity index (χ2n) is 4.87. The van der Waals surface area contributed by atoms with E-state index in [1.165, 1.54) is 6.33 Å². The summed E-state index contributed by atoms with van der Waals surface area (Å²) in [4.78, 5) is 14.9. The van der Waals surface area contributed by atoms with Crippen molar-refractivity contribution in [2.75, 3.05) is 0 Å². The maximum Gasteiger partial charge on any atom is 0.309 e. The van der Waals surface area contributed by atoms with Crippen LogP contribution in [-0.2, 0) is 11.2 Å². The molecular formula is C13H15N3O2. The van der Waals surface area contributed by atoms with Crippen LogP contribution in [0.3, 0.4) is 0 Å². The SMILES string of the molecule is CC(C)(Cc1ccc(-n2cncn2)cc1)C(=O)O. The van der Waals surface area contributed by atoms with Crippen molar-refractivity contribution >= 4 is 5.97 Å². The monoisotopic (exact) mass is 245 g/mol. The third kappa shape index (κ3) is 2.56. The molecule has 2 rings (SSSR count). The fourth-order valence-electron chi connectivity index (χ4n) is 1.69. The Hall–Kier alpha value is -2.17. The summed E-state index contributed by atoms with van der Waals surface area (Å²) < 4.78 is 1.66. The number of hydrogen-bond acceptors (Lipinski definition) is 3. The average Bonchev–Trinajstić information content (AvgIpc) is 2.83. The highest BCUT2D eigenvalue weighted by atomic mass is 16.4. The van der Waals surface area contributed by atoms with Crippen molar-refractivity contribution in [3.8, 4) is 5.69 Å². The zero-order valence-electron chi connectivity index (χ0n) is 10.4. The van der Waals surface area contributed by atoms with E-state index in [4.69, 9.17) is 5.11 Å². The van der Waals surface area contributed by atoms with Crippen molar-refractivity contribution in [2.24, 2.45) is 5.41 Å². The molecule has 1 aromatic heterocycles. The Morgan fingerprint density at radius 2 is 2.00 bits per heavy atom. The molecule has 0 spiro atoms. The third-order valence-corrected chi connectivity index (χ3v) is 2.84. The van der Waals surface area contributed by atoms with Crippen LogP contribution >= 0.6 is 0 Å². The van der Waals surface area contributed by atoms with Gasteiger partial charge in [-0.1, -0.05) is 12.1 Å². The molecule has 0 radical (unpaired) electrons. The Morgan fingerprint density at radius 3 is 2.50 bits per heavy atom. The molecule has 5 nitrogen and oxygen atoms in total. The van der Waals surface area contributed by atoms with E-state index < -0.39 is 11.4 Å². The molecular weight excluding hydrogens is 230 g/mol. The van der Waals surface area contributed by atoms with Gasteiger partial charge in [-0.25, -0.2) is 9.67 Å². The highest BCUT2D eigenvalue weighted by Crippen LogP contribution is 2.22. The molecule has 0 saturated carbocycles. The molecule has 0 saturated heterocycles. The van der Waals surface area contributed by atoms with Gasteiger partial charge in [-0.05, 0) is 38.0 Å². The highest BCUT2D eigenvalue weighted by Gasteiger charge is 2.27. The molecule has 0 unspecified atom stereocenters. The molecule has 0 aliphatic heterocycles. The minimum Gasteiger partial charge on any atom is -0.481 e. The lowest BCUT2D eigenvalue weighted by Gasteiger charge is -2.18. The predicted molar refractivity (Wildman–Crippen MR) is 66.5 cm³/mol. The van der Waals surface area contributed by atoms with Gasteiger partial charge in [0.15, 0.2) is 0 Å². The van der Waals surface area contributed by atoms with Crippen molar-refractivity contribution in [1.82, 2.24) is 14.8 Å². The van der Waals surface area contributed by atoms with Gasteiger partial charge in [-0.2, -0.15) is 5.10 Å². The van der Waals surface area contributed by atoms with Gasteiger partial charge in [0.05, 0.1) is 11.1 Å². The number of aliphatic carboxylic acids is 1. The molecule has 0 fully saturated rings. The van der Waals surface area contributed by atoms with Gasteiger partial charge in [0.2, 0.25) is 0 Å². The summed E-state index contributed by atoms with van der Waals surface area (Å²) in [5, 5.41) is 13.1. The molecule has 1 aromatic carbocycles. The van der Waals surface area contributed by atoms with Gasteiger partial charge >= 0.3 is 5.97 Å². The number of rotatable bonds is 4. The number of carbonyl (C=O) groups is 1. The van der Waals surface area contributed by atoms with E-state index in [9.17, 15) is 4.79 Å². The van der Waals surface area contributed by atoms with Crippen LogP contribution in [0.4, 0.5) is 0 Å². The number of aromatic nitrogens is 3. The van der Waals surface area contributed by atoms with Gasteiger partial charge < -0.3 is 5.11 Å². The summed E-state index contributed by atoms with van der Waals surface area (Å²) in [6, 6.07) is 7.65. The molecule has 1 N–H and O–H groups in total. The Labute approximate surface area is 105 Å². The van der Waals surface area contributed by atoms with E-state index in [2.05, 4.69) is 10.1 Å². The number of carboxylic acids is 1. The lowest BCUT2D eigenvalue weighted by Crippen LogP contribution is -2.26. The molecule has 0 bridgehead atoms. The first-order chi connectivity index (χ1) is 8.49. The van der Waals surface area contributed by atoms with Gasteiger partial charge in [0.25, 0.3) is 0 Å². The van der Waals surface area contributed by atoms with Crippen molar-refractivity contribution in [2.45, 2.75) is 20.3 Å². The quantitative estimate of drug-likeness (QED) is 0.893. The third-order valence-electron chi connectivity index (χ3n) is 2.84. The summed E-state index contributed by atoms with van der Waals surface area (Å²) >= 11 is 0. The molecule has 0 amide bonds. The van der Waals surface area contributed by atoms with Crippen molar-refractivity contribution < 1.29 is 9.90 Å². The largest absolute Gasteiger partial charge is 0.481 e. The van der Waals surface area contributed by atoms with Gasteiger partial charge in [-0.15, -0.1) is 0 Å². The van der Waals surface area contributed by atoms with Crippen molar-refractivity contribution in [3.05, 3.63) is 42.5 Å². The van der Waals surface area contributed by atoms with Crippen LogP contribution in [0.5, 0.6) is 0 Å². The van der Waals surface area contributed by atoms with Crippen LogP contribution in [-0.4, -0.2) is 25.8 Å². The van der Waals surface area contributed by atoms with Gasteiger partial charge in [-0.3, -0.25) is 4.79 Å². The second kappa shape index (κ2) is 4.60. The zero-order chi connectivity index (χ0) is 13.2. The molecule has 94 valence electrons. The summed E-state index contributed by atoms with van der Waals surface area (Å²) in [7, 11) is 0. The van der Waals surface area contributed by atoms with Crippen LogP contribution in [0.1, 0.15) is 19.4 Å². The zero-order valence-corrected chi connectivity index (χ0v) is 10.4. The summed E-state index contributed by atoms with van der Waals surface area (Å²) in [5.74, 6) is -0.789. The Kier molecular flexibility index (Phi) is 3.14. The van der Waals surface area contributed by atoms with E-state index in [1.54, 1.807) is 24.9 Å². The molecule has 18 heavy (non-hydrogen) atoms. The summed E-state index contributed by atoms with van der Waals surface area (Å²) in [6.07, 6.45) is 3.59. The first-order valence-corrected chi connectivity index (χ1v) is 5.66. The topological polar surface area (TPSA) is 68.0 Å². The fourth-order valence-corrected chi connectivity index (χ4v) is 1.69. The van der Waals surface area contributed by atoms with Crippen LogP contribution < -0.4 is 0 Å². The smallest absolute Gasteiger partial charge is 0.309 e. The van der Waals surface area contributed by atoms with Crippen LogP contribution in [0, 0.1) is 5.41 Å². The highest BCUT2D eigenvalue weighted by molar-refractivity contribution is 5.74. The first-order valence-electron chi connectivity index (χ1n) is 5.66. The summed E-state index contributed by atoms with van der Waals surface area (Å²) in [5.41, 5.74) is 1.14. The van der Waals surface area contributed by atoms with E-state index in [0.29, 0.717) is 6.42 Å². The number of benzene rings is 1. The van der Waals surface area contributed by atoms with Crippen LogP contribution in [0.25, 0.3) is 5.69 Å². The van der Waals surface area contributed by atoms with Crippen LogP contribution in [0.15, 0.2) is 36.9 Å². The van der Waals surface area contributed by atoms with E-state index in [0.717, 1.165) is 11.3 Å². The maximum absolute atomic E-state index is 11.1. The normalized spacial score (nSPS) is 11.4. The minimum absolute atomic E-state index is 0.500. The molecule has 0 atom stereocenters. The minimum atomic E-state index is -0.789. The number of hydrogen-bond donors (Lipinski definition) is 1. The van der Waals surface area contributed by atoms with Crippen LogP contribution in [0.2, 0.25) is 0 Å². The van der Waals surface area contributed by atoms with Gasteiger partial charge in [0.1, 0.15) is 12.7 Å². The average molecular weight is 245 g/mol. The maximum atomic E-state index is 11.1. The lowest BCUT2D eigenvalue weighted by molar-refractivity contribution is -0.146. The predicted octanol–water partition coefficient (Wildman–Crippen LogP) is 1.92. The fraction of sp³-hybridized carbons (Fsp3) is 0.308. The molecule has 5 heteroatoms. The Morgan fingerprint density at radius 1 is 1.33 bits per heavy atom. The second-order valence-corrected chi connectivity index (χ2v) is 4.87. The standard InChI is InChI=1S/C13H15N3O2/c1-13(2,12(17)18)7-10-3-5-11(6-4-10)16-9-14-8-15-16/h3-6,8-9H,7H2,1-2H3,(H,17,18). The van der Waals surface area contributed by atoms with E-state index in [1.807, 2.05) is 24.3 Å².